The molecule has 4 heterocycles. The summed E-state index contributed by atoms with van der Waals surface area (Å²) in [5, 5.41) is 11.6. The molecule has 254 valence electrons. The monoisotopic (exact) mass is 733 g/mol. The number of hydrogen-bond donors (Lipinski definition) is 2. The minimum absolute atomic E-state index is 0.230. The Hall–Kier alpha value is -3.52. The zero-order valence-corrected chi connectivity index (χ0v) is 30.5. The molecule has 0 bridgehead atoms. The van der Waals surface area contributed by atoms with E-state index >= 15 is 0 Å². The minimum Gasteiger partial charge on any atom is -0.593 e. The summed E-state index contributed by atoms with van der Waals surface area (Å²) in [6, 6.07) is 12.1. The number of likely N-dealkylation sites (tertiary alicyclic amines) is 1. The second kappa shape index (κ2) is 13.8. The number of aryl methyl sites for hydroxylation is 1. The van der Waals surface area contributed by atoms with Crippen LogP contribution < -0.4 is 24.6 Å². The van der Waals surface area contributed by atoms with Crippen LogP contribution in [0.4, 0.5) is 34.5 Å². The van der Waals surface area contributed by atoms with E-state index in [1.54, 1.807) is 13.3 Å². The number of anilines is 6. The second-order valence-electron chi connectivity index (χ2n) is 13.4. The first-order valence-corrected chi connectivity index (χ1v) is 18.6. The lowest BCUT2D eigenvalue weighted by Crippen LogP contribution is -2.46. The van der Waals surface area contributed by atoms with Gasteiger partial charge in [0, 0.05) is 68.3 Å². The van der Waals surface area contributed by atoms with Gasteiger partial charge in [0.2, 0.25) is 5.95 Å². The second-order valence-corrected chi connectivity index (χ2v) is 16.0. The average Bonchev–Trinajstić information content (AvgIpc) is 3.87. The van der Waals surface area contributed by atoms with Gasteiger partial charge in [0.15, 0.2) is 0 Å². The molecule has 1 aliphatic carbocycles. The third kappa shape index (κ3) is 6.96. The van der Waals surface area contributed by atoms with Gasteiger partial charge in [-0.3, -0.25) is 4.68 Å². The molecule has 1 spiro atoms. The SMILES string of the molecule is COc1cc(N2CCC3(CCN(C)CC3)CC2)c(-c2cnn(C)c2)cc1Nc1ncc(Br)c(Nc2ccccc2N(C)[S+]([O-])C2CC2)n1. The Labute approximate surface area is 294 Å². The number of piperidine rings is 2. The van der Waals surface area contributed by atoms with Crippen LogP contribution >= 0.6 is 15.9 Å². The molecule has 48 heavy (non-hydrogen) atoms. The van der Waals surface area contributed by atoms with Gasteiger partial charge in [-0.25, -0.2) is 4.98 Å². The van der Waals surface area contributed by atoms with E-state index in [9.17, 15) is 4.55 Å². The standard InChI is InChI=1S/C35H44BrN9O2S/c1-42-15-11-35(12-16-42)13-17-45(18-14-35)31-20-32(47-4)29(19-26(31)24-21-38-43(2)23-24)40-34-37-22-27(36)33(41-34)39-28-7-5-6-8-30(28)44(3)48(46)25-9-10-25/h5-8,19-23,25H,9-18H2,1-4H3,(H2,37,39,40,41). The lowest BCUT2D eigenvalue weighted by molar-refractivity contribution is 0.0945. The van der Waals surface area contributed by atoms with Gasteiger partial charge in [0.25, 0.3) is 0 Å². The van der Waals surface area contributed by atoms with E-state index in [1.165, 1.54) is 38.8 Å². The van der Waals surface area contributed by atoms with Crippen LogP contribution in [0.15, 0.2) is 59.5 Å². The van der Waals surface area contributed by atoms with Gasteiger partial charge < -0.3 is 29.7 Å². The summed E-state index contributed by atoms with van der Waals surface area (Å²) >= 11 is 2.54. The number of aromatic nitrogens is 4. The Morgan fingerprint density at radius 1 is 1.00 bits per heavy atom. The molecule has 2 aromatic heterocycles. The first-order chi connectivity index (χ1) is 23.2. The molecule has 2 N–H and O–H groups in total. The molecule has 7 rings (SSSR count). The number of methoxy groups -OCH3 is 1. The number of benzene rings is 2. The Morgan fingerprint density at radius 2 is 1.73 bits per heavy atom. The fourth-order valence-electron chi connectivity index (χ4n) is 6.91. The molecule has 2 aliphatic heterocycles. The van der Waals surface area contributed by atoms with E-state index in [2.05, 4.69) is 71.8 Å². The van der Waals surface area contributed by atoms with Gasteiger partial charge in [-0.05, 0) is 85.4 Å². The number of nitrogens with one attached hydrogen (secondary N) is 2. The van der Waals surface area contributed by atoms with Crippen molar-refractivity contribution in [3.8, 4) is 16.9 Å². The lowest BCUT2D eigenvalue weighted by Gasteiger charge is -2.47. The zero-order valence-electron chi connectivity index (χ0n) is 28.1. The first kappa shape index (κ1) is 33.0. The van der Waals surface area contributed by atoms with Gasteiger partial charge in [-0.1, -0.05) is 12.1 Å². The van der Waals surface area contributed by atoms with Crippen molar-refractivity contribution in [1.29, 1.82) is 0 Å². The molecule has 1 unspecified atom stereocenters. The van der Waals surface area contributed by atoms with E-state index in [-0.39, 0.29) is 5.25 Å². The summed E-state index contributed by atoms with van der Waals surface area (Å²) in [6.45, 7) is 4.41. The average molecular weight is 735 g/mol. The number of para-hydroxylation sites is 2. The number of rotatable bonds is 10. The third-order valence-corrected chi connectivity index (χ3v) is 12.5. The van der Waals surface area contributed by atoms with Crippen LogP contribution in [0.2, 0.25) is 0 Å². The van der Waals surface area contributed by atoms with E-state index in [4.69, 9.17) is 9.72 Å². The quantitative estimate of drug-likeness (QED) is 0.171. The van der Waals surface area contributed by atoms with Gasteiger partial charge in [-0.15, -0.1) is 0 Å². The fraction of sp³-hybridized carbons (Fsp3) is 0.457. The maximum atomic E-state index is 13.0. The van der Waals surface area contributed by atoms with E-state index in [0.717, 1.165) is 59.8 Å². The molecule has 11 nitrogen and oxygen atoms in total. The van der Waals surface area contributed by atoms with Gasteiger partial charge in [-0.2, -0.15) is 14.4 Å². The van der Waals surface area contributed by atoms with Crippen LogP contribution in [0.5, 0.6) is 5.75 Å². The summed E-state index contributed by atoms with van der Waals surface area (Å²) in [4.78, 5) is 14.4. The topological polar surface area (TPSA) is 110 Å². The van der Waals surface area contributed by atoms with Crippen molar-refractivity contribution in [3.05, 3.63) is 59.5 Å². The van der Waals surface area contributed by atoms with Gasteiger partial charge in [0.1, 0.15) is 22.5 Å². The Balaban J connectivity index is 1.16. The van der Waals surface area contributed by atoms with E-state index in [1.807, 2.05) is 53.5 Å². The summed E-state index contributed by atoms with van der Waals surface area (Å²) in [7, 11) is 7.76. The summed E-state index contributed by atoms with van der Waals surface area (Å²) in [6.07, 6.45) is 12.7. The molecular formula is C35H44BrN9O2S. The highest BCUT2D eigenvalue weighted by atomic mass is 79.9. The van der Waals surface area contributed by atoms with Crippen LogP contribution in [0.1, 0.15) is 38.5 Å². The highest BCUT2D eigenvalue weighted by Gasteiger charge is 2.39. The fourth-order valence-corrected chi connectivity index (χ4v) is 8.54. The molecule has 0 amide bonds. The molecule has 1 atom stereocenters. The van der Waals surface area contributed by atoms with Crippen LogP contribution in [0.25, 0.3) is 11.1 Å². The molecule has 2 saturated heterocycles. The highest BCUT2D eigenvalue weighted by Crippen LogP contribution is 2.46. The molecule has 3 aliphatic rings. The van der Waals surface area contributed by atoms with Crippen molar-refractivity contribution in [3.63, 3.8) is 0 Å². The van der Waals surface area contributed by atoms with Crippen LogP contribution in [-0.4, -0.2) is 81.8 Å². The van der Waals surface area contributed by atoms with Crippen LogP contribution in [0.3, 0.4) is 0 Å². The summed E-state index contributed by atoms with van der Waals surface area (Å²) in [5.74, 6) is 1.72. The molecular weight excluding hydrogens is 690 g/mol. The molecule has 1 saturated carbocycles. The van der Waals surface area contributed by atoms with Crippen molar-refractivity contribution in [2.75, 3.05) is 67.2 Å². The minimum atomic E-state index is -1.08. The van der Waals surface area contributed by atoms with Crippen LogP contribution in [0, 0.1) is 5.41 Å². The zero-order chi connectivity index (χ0) is 33.4. The molecule has 4 aromatic rings. The third-order valence-electron chi connectivity index (χ3n) is 10.1. The van der Waals surface area contributed by atoms with E-state index < -0.39 is 11.4 Å². The van der Waals surface area contributed by atoms with Gasteiger partial charge >= 0.3 is 0 Å². The summed E-state index contributed by atoms with van der Waals surface area (Å²) < 4.78 is 23.3. The van der Waals surface area contributed by atoms with Crippen molar-refractivity contribution >= 4 is 61.8 Å². The molecule has 3 fully saturated rings. The Kier molecular flexibility index (Phi) is 9.47. The Bertz CT molecular complexity index is 1750. The highest BCUT2D eigenvalue weighted by molar-refractivity contribution is 9.10. The first-order valence-electron chi connectivity index (χ1n) is 16.7. The van der Waals surface area contributed by atoms with Crippen molar-refractivity contribution in [2.24, 2.45) is 12.5 Å². The predicted molar refractivity (Wildman–Crippen MR) is 198 cm³/mol. The largest absolute Gasteiger partial charge is 0.593 e. The van der Waals surface area contributed by atoms with Crippen molar-refractivity contribution in [1.82, 2.24) is 24.6 Å². The van der Waals surface area contributed by atoms with Gasteiger partial charge in [0.05, 0.1) is 47.6 Å². The number of nitrogens with zero attached hydrogens (tertiary/aromatic N) is 7. The predicted octanol–water partition coefficient (Wildman–Crippen LogP) is 6.71. The van der Waals surface area contributed by atoms with Crippen molar-refractivity contribution in [2.45, 2.75) is 43.8 Å². The number of halogens is 1. The number of ether oxygens (including phenoxy) is 1. The van der Waals surface area contributed by atoms with E-state index in [0.29, 0.717) is 27.4 Å². The maximum absolute atomic E-state index is 13.0. The smallest absolute Gasteiger partial charge is 0.229 e. The van der Waals surface area contributed by atoms with Crippen molar-refractivity contribution < 1.29 is 9.29 Å². The maximum Gasteiger partial charge on any atom is 0.229 e. The molecule has 0 radical (unpaired) electrons. The van der Waals surface area contributed by atoms with Crippen LogP contribution in [-0.2, 0) is 18.4 Å². The number of hydrogen-bond acceptors (Lipinski definition) is 10. The Morgan fingerprint density at radius 3 is 2.42 bits per heavy atom. The summed E-state index contributed by atoms with van der Waals surface area (Å²) in [5.41, 5.74) is 6.15. The normalized spacial score (nSPS) is 18.5. The molecule has 13 heteroatoms. The lowest BCUT2D eigenvalue weighted by atomic mass is 9.71. The molecule has 2 aromatic carbocycles.